The topological polar surface area (TPSA) is 49.8 Å². The van der Waals surface area contributed by atoms with Crippen molar-refractivity contribution in [1.29, 1.82) is 0 Å². The smallest absolute Gasteiger partial charge is 0.307 e. The van der Waals surface area contributed by atoms with Gasteiger partial charge in [0.1, 0.15) is 17.2 Å². The standard InChI is InChI=1S/C27H36FNO3/c1-8-17(2)29(7)15-21-11-20(18-9-10-19(14-24(30)31)23(28)13-18)12-22-25(21)32-27(5,6)16-26(22,3)4/h9-13,17H,8,14-16H2,1-7H3,(H,30,31). The molecule has 0 radical (unpaired) electrons. The largest absolute Gasteiger partial charge is 0.487 e. The number of carboxylic acids is 1. The quantitative estimate of drug-likeness (QED) is 0.557. The molecule has 0 aliphatic carbocycles. The Morgan fingerprint density at radius 2 is 1.84 bits per heavy atom. The van der Waals surface area contributed by atoms with Crippen LogP contribution in [0.2, 0.25) is 0 Å². The predicted octanol–water partition coefficient (Wildman–Crippen LogP) is 6.19. The lowest BCUT2D eigenvalue weighted by Crippen LogP contribution is -2.42. The van der Waals surface area contributed by atoms with Crippen molar-refractivity contribution in [3.8, 4) is 16.9 Å². The second-order valence-corrected chi connectivity index (χ2v) is 10.5. The summed E-state index contributed by atoms with van der Waals surface area (Å²) >= 11 is 0. The Morgan fingerprint density at radius 1 is 1.16 bits per heavy atom. The van der Waals surface area contributed by atoms with Crippen molar-refractivity contribution < 1.29 is 19.0 Å². The molecule has 1 atom stereocenters. The van der Waals surface area contributed by atoms with Gasteiger partial charge < -0.3 is 9.84 Å². The summed E-state index contributed by atoms with van der Waals surface area (Å²) < 4.78 is 21.2. The van der Waals surface area contributed by atoms with E-state index in [1.165, 1.54) is 6.07 Å². The zero-order valence-corrected chi connectivity index (χ0v) is 20.4. The van der Waals surface area contributed by atoms with Crippen molar-refractivity contribution in [3.63, 3.8) is 0 Å². The summed E-state index contributed by atoms with van der Waals surface area (Å²) in [5.74, 6) is -0.590. The monoisotopic (exact) mass is 441 g/mol. The molecule has 1 aliphatic heterocycles. The van der Waals surface area contributed by atoms with E-state index in [0.717, 1.165) is 47.4 Å². The molecule has 0 spiro atoms. The van der Waals surface area contributed by atoms with Crippen molar-refractivity contribution in [3.05, 3.63) is 52.8 Å². The molecule has 2 aromatic rings. The molecular weight excluding hydrogens is 405 g/mol. The third-order valence-corrected chi connectivity index (χ3v) is 6.63. The Kier molecular flexibility index (Phi) is 6.71. The van der Waals surface area contributed by atoms with Gasteiger partial charge >= 0.3 is 5.97 Å². The molecule has 1 heterocycles. The number of halogens is 1. The Balaban J connectivity index is 2.14. The average Bonchev–Trinajstić information content (AvgIpc) is 2.67. The van der Waals surface area contributed by atoms with Gasteiger partial charge in [0, 0.05) is 23.7 Å². The van der Waals surface area contributed by atoms with Crippen LogP contribution in [0.3, 0.4) is 0 Å². The molecule has 5 heteroatoms. The first-order valence-corrected chi connectivity index (χ1v) is 11.4. The number of hydrogen-bond acceptors (Lipinski definition) is 3. The molecule has 0 aromatic heterocycles. The van der Waals surface area contributed by atoms with Crippen molar-refractivity contribution >= 4 is 5.97 Å². The van der Waals surface area contributed by atoms with Crippen LogP contribution in [0.5, 0.6) is 5.75 Å². The van der Waals surface area contributed by atoms with Gasteiger partial charge in [-0.05, 0) is 81.0 Å². The second-order valence-electron chi connectivity index (χ2n) is 10.5. The summed E-state index contributed by atoms with van der Waals surface area (Å²) in [5, 5.41) is 9.01. The van der Waals surface area contributed by atoms with Gasteiger partial charge in [-0.3, -0.25) is 9.69 Å². The highest BCUT2D eigenvalue weighted by atomic mass is 19.1. The van der Waals surface area contributed by atoms with Gasteiger partial charge in [0.2, 0.25) is 0 Å². The number of aliphatic carboxylic acids is 1. The summed E-state index contributed by atoms with van der Waals surface area (Å²) in [7, 11) is 2.12. The van der Waals surface area contributed by atoms with Crippen LogP contribution < -0.4 is 4.74 Å². The van der Waals surface area contributed by atoms with Crippen LogP contribution in [-0.4, -0.2) is 34.7 Å². The van der Waals surface area contributed by atoms with Gasteiger partial charge in [-0.15, -0.1) is 0 Å². The molecule has 1 aliphatic rings. The van der Waals surface area contributed by atoms with Gasteiger partial charge in [0.05, 0.1) is 6.42 Å². The zero-order chi connectivity index (χ0) is 23.8. The van der Waals surface area contributed by atoms with Crippen LogP contribution in [0, 0.1) is 5.82 Å². The number of ether oxygens (including phenoxy) is 1. The lowest BCUT2D eigenvalue weighted by atomic mass is 9.72. The van der Waals surface area contributed by atoms with E-state index in [0.29, 0.717) is 6.04 Å². The van der Waals surface area contributed by atoms with Crippen LogP contribution in [0.15, 0.2) is 30.3 Å². The fraction of sp³-hybridized carbons (Fsp3) is 0.519. The van der Waals surface area contributed by atoms with Crippen LogP contribution in [0.1, 0.15) is 71.1 Å². The first-order valence-electron chi connectivity index (χ1n) is 11.4. The summed E-state index contributed by atoms with van der Waals surface area (Å²) in [6, 6.07) is 9.47. The number of fused-ring (bicyclic) bond motifs is 1. The minimum Gasteiger partial charge on any atom is -0.487 e. The normalized spacial score (nSPS) is 17.5. The first-order chi connectivity index (χ1) is 14.8. The maximum atomic E-state index is 14.7. The second kappa shape index (κ2) is 8.86. The highest BCUT2D eigenvalue weighted by molar-refractivity contribution is 5.72. The van der Waals surface area contributed by atoms with Crippen molar-refractivity contribution in [2.45, 2.75) is 84.4 Å². The van der Waals surface area contributed by atoms with E-state index in [1.807, 2.05) is 6.07 Å². The summed E-state index contributed by atoms with van der Waals surface area (Å²) in [5.41, 5.74) is 3.72. The molecule has 0 saturated heterocycles. The van der Waals surface area contributed by atoms with Gasteiger partial charge in [0.25, 0.3) is 0 Å². The van der Waals surface area contributed by atoms with E-state index in [2.05, 4.69) is 65.6 Å². The Hall–Kier alpha value is -2.40. The highest BCUT2D eigenvalue weighted by Gasteiger charge is 2.40. The molecule has 0 amide bonds. The van der Waals surface area contributed by atoms with Crippen LogP contribution in [0.25, 0.3) is 11.1 Å². The Morgan fingerprint density at radius 3 is 2.44 bits per heavy atom. The van der Waals surface area contributed by atoms with Crippen molar-refractivity contribution in [2.75, 3.05) is 7.05 Å². The van der Waals surface area contributed by atoms with Crippen molar-refractivity contribution in [1.82, 2.24) is 4.90 Å². The number of nitrogens with zero attached hydrogens (tertiary/aromatic N) is 1. The van der Waals surface area contributed by atoms with Crippen molar-refractivity contribution in [2.24, 2.45) is 0 Å². The van der Waals surface area contributed by atoms with E-state index in [-0.39, 0.29) is 23.0 Å². The summed E-state index contributed by atoms with van der Waals surface area (Å²) in [6.45, 7) is 13.8. The Bertz CT molecular complexity index is 1010. The van der Waals surface area contributed by atoms with E-state index in [1.54, 1.807) is 6.07 Å². The molecule has 1 N–H and O–H groups in total. The zero-order valence-electron chi connectivity index (χ0n) is 20.4. The van der Waals surface area contributed by atoms with Gasteiger partial charge in [-0.2, -0.15) is 0 Å². The van der Waals surface area contributed by atoms with Gasteiger partial charge in [-0.25, -0.2) is 4.39 Å². The number of hydrogen-bond donors (Lipinski definition) is 1. The number of benzene rings is 2. The van der Waals surface area contributed by atoms with Gasteiger partial charge in [0.15, 0.2) is 0 Å². The molecule has 0 saturated carbocycles. The van der Waals surface area contributed by atoms with Crippen LogP contribution >= 0.6 is 0 Å². The molecule has 3 rings (SSSR count). The maximum Gasteiger partial charge on any atom is 0.307 e. The third-order valence-electron chi connectivity index (χ3n) is 6.63. The number of carbonyl (C=O) groups is 1. The van der Waals surface area contributed by atoms with Crippen LogP contribution in [-0.2, 0) is 23.2 Å². The van der Waals surface area contributed by atoms with E-state index in [9.17, 15) is 9.18 Å². The molecule has 32 heavy (non-hydrogen) atoms. The SMILES string of the molecule is CCC(C)N(C)Cc1cc(-c2ccc(CC(=O)O)c(F)c2)cc2c1OC(C)(C)CC2(C)C. The molecule has 1 unspecified atom stereocenters. The summed E-state index contributed by atoms with van der Waals surface area (Å²) in [6.07, 6.45) is 1.60. The molecule has 2 aromatic carbocycles. The Labute approximate surface area is 191 Å². The minimum atomic E-state index is -1.04. The first kappa shape index (κ1) is 24.2. The van der Waals surface area contributed by atoms with E-state index < -0.39 is 11.8 Å². The summed E-state index contributed by atoms with van der Waals surface area (Å²) in [4.78, 5) is 13.3. The van der Waals surface area contributed by atoms with E-state index >= 15 is 0 Å². The minimum absolute atomic E-state index is 0.0986. The fourth-order valence-electron chi connectivity index (χ4n) is 4.84. The third kappa shape index (κ3) is 5.15. The molecule has 4 nitrogen and oxygen atoms in total. The maximum absolute atomic E-state index is 14.7. The number of rotatable bonds is 7. The van der Waals surface area contributed by atoms with E-state index in [4.69, 9.17) is 9.84 Å². The van der Waals surface area contributed by atoms with Crippen LogP contribution in [0.4, 0.5) is 4.39 Å². The van der Waals surface area contributed by atoms with Gasteiger partial charge in [-0.1, -0.05) is 32.9 Å². The molecule has 0 bridgehead atoms. The number of carboxylic acid groups (broad SMARTS) is 1. The fourth-order valence-corrected chi connectivity index (χ4v) is 4.84. The molecular formula is C27H36FNO3. The predicted molar refractivity (Wildman–Crippen MR) is 127 cm³/mol. The lowest BCUT2D eigenvalue weighted by Gasteiger charge is -2.44. The average molecular weight is 442 g/mol. The molecule has 174 valence electrons. The lowest BCUT2D eigenvalue weighted by molar-refractivity contribution is -0.136. The molecule has 0 fully saturated rings. The highest BCUT2D eigenvalue weighted by Crippen LogP contribution is 2.48.